The van der Waals surface area contributed by atoms with E-state index < -0.39 is 10.0 Å². The molecule has 0 atom stereocenters. The van der Waals surface area contributed by atoms with Gasteiger partial charge < -0.3 is 18.9 Å². The number of piperidine rings is 1. The molecule has 178 valence electrons. The van der Waals surface area contributed by atoms with Gasteiger partial charge in [-0.2, -0.15) is 4.31 Å². The first-order valence-corrected chi connectivity index (χ1v) is 12.6. The molecule has 2 aromatic carbocycles. The number of carbonyl (C=O) groups is 1. The van der Waals surface area contributed by atoms with Crippen LogP contribution in [0.1, 0.15) is 30.9 Å². The fourth-order valence-electron chi connectivity index (χ4n) is 3.99. The van der Waals surface area contributed by atoms with Gasteiger partial charge in [-0.3, -0.25) is 4.79 Å². The number of sulfonamides is 1. The van der Waals surface area contributed by atoms with Crippen molar-refractivity contribution in [2.45, 2.75) is 37.9 Å². The van der Waals surface area contributed by atoms with E-state index in [9.17, 15) is 13.2 Å². The SMILES string of the molecule is CCOc1ccc(S(=O)(=O)N2CCC(C(=O)OCc3cc(Cl)cc4c3OCOC4)CC2)cc1. The largest absolute Gasteiger partial charge is 0.494 e. The smallest absolute Gasteiger partial charge is 0.309 e. The van der Waals surface area contributed by atoms with Crippen LogP contribution in [0.3, 0.4) is 0 Å². The first kappa shape index (κ1) is 23.8. The molecule has 0 saturated carbocycles. The van der Waals surface area contributed by atoms with Gasteiger partial charge in [0.05, 0.1) is 24.0 Å². The number of nitrogens with zero attached hydrogens (tertiary/aromatic N) is 1. The van der Waals surface area contributed by atoms with Crippen LogP contribution in [0.2, 0.25) is 5.02 Å². The number of fused-ring (bicyclic) bond motifs is 1. The quantitative estimate of drug-likeness (QED) is 0.540. The van der Waals surface area contributed by atoms with Crippen LogP contribution < -0.4 is 9.47 Å². The Balaban J connectivity index is 1.33. The van der Waals surface area contributed by atoms with Gasteiger partial charge in [0, 0.05) is 29.2 Å². The van der Waals surface area contributed by atoms with Crippen molar-refractivity contribution < 1.29 is 32.2 Å². The van der Waals surface area contributed by atoms with E-state index >= 15 is 0 Å². The zero-order valence-corrected chi connectivity index (χ0v) is 19.9. The molecule has 0 bridgehead atoms. The molecule has 0 spiro atoms. The summed E-state index contributed by atoms with van der Waals surface area (Å²) >= 11 is 6.16. The molecule has 2 aromatic rings. The maximum Gasteiger partial charge on any atom is 0.309 e. The van der Waals surface area contributed by atoms with Crippen LogP contribution in [0.15, 0.2) is 41.3 Å². The highest BCUT2D eigenvalue weighted by Gasteiger charge is 2.33. The molecule has 1 saturated heterocycles. The van der Waals surface area contributed by atoms with Gasteiger partial charge >= 0.3 is 5.97 Å². The number of halogens is 1. The van der Waals surface area contributed by atoms with Gasteiger partial charge in [-0.05, 0) is 56.2 Å². The molecule has 0 unspecified atom stereocenters. The minimum Gasteiger partial charge on any atom is -0.494 e. The van der Waals surface area contributed by atoms with Crippen LogP contribution in [0.5, 0.6) is 11.5 Å². The summed E-state index contributed by atoms with van der Waals surface area (Å²) < 4.78 is 49.0. The van der Waals surface area contributed by atoms with Crippen LogP contribution in [-0.2, 0) is 37.5 Å². The molecule has 0 amide bonds. The standard InChI is InChI=1S/C23H26ClNO7S/c1-2-30-20-3-5-21(6-4-20)33(27,28)25-9-7-16(8-10-25)23(26)31-14-18-12-19(24)11-17-13-29-15-32-22(17)18/h3-6,11-12,16H,2,7-10,13-15H2,1H3. The lowest BCUT2D eigenvalue weighted by Crippen LogP contribution is -2.40. The van der Waals surface area contributed by atoms with Crippen molar-refractivity contribution in [2.75, 3.05) is 26.5 Å². The van der Waals surface area contributed by atoms with Crippen LogP contribution in [0, 0.1) is 5.92 Å². The second-order valence-electron chi connectivity index (χ2n) is 7.85. The summed E-state index contributed by atoms with van der Waals surface area (Å²) in [6, 6.07) is 9.85. The Hall–Kier alpha value is -2.33. The maximum atomic E-state index is 12.9. The van der Waals surface area contributed by atoms with E-state index in [1.54, 1.807) is 36.4 Å². The molecule has 2 heterocycles. The average Bonchev–Trinajstić information content (AvgIpc) is 2.83. The number of hydrogen-bond donors (Lipinski definition) is 0. The van der Waals surface area contributed by atoms with E-state index in [0.717, 1.165) is 5.56 Å². The Morgan fingerprint density at radius 1 is 1.18 bits per heavy atom. The Bertz CT molecular complexity index is 1100. The van der Waals surface area contributed by atoms with Crippen molar-refractivity contribution in [3.8, 4) is 11.5 Å². The van der Waals surface area contributed by atoms with Crippen LogP contribution in [0.25, 0.3) is 0 Å². The third-order valence-corrected chi connectivity index (χ3v) is 7.81. The molecule has 0 aliphatic carbocycles. The van der Waals surface area contributed by atoms with Gasteiger partial charge in [-0.1, -0.05) is 11.6 Å². The van der Waals surface area contributed by atoms with Crippen molar-refractivity contribution in [3.05, 3.63) is 52.5 Å². The lowest BCUT2D eigenvalue weighted by Gasteiger charge is -2.30. The molecule has 0 aromatic heterocycles. The summed E-state index contributed by atoms with van der Waals surface area (Å²) in [5, 5.41) is 0.515. The lowest BCUT2D eigenvalue weighted by molar-refractivity contribution is -0.151. The van der Waals surface area contributed by atoms with Gasteiger partial charge in [-0.15, -0.1) is 0 Å². The highest BCUT2D eigenvalue weighted by atomic mass is 35.5. The summed E-state index contributed by atoms with van der Waals surface area (Å²) in [7, 11) is -3.63. The zero-order valence-electron chi connectivity index (χ0n) is 18.3. The van der Waals surface area contributed by atoms with Gasteiger partial charge in [-0.25, -0.2) is 8.42 Å². The number of esters is 1. The summed E-state index contributed by atoms with van der Waals surface area (Å²) in [4.78, 5) is 12.9. The molecule has 10 heteroatoms. The van der Waals surface area contributed by atoms with E-state index in [4.69, 9.17) is 30.5 Å². The maximum absolute atomic E-state index is 12.9. The summed E-state index contributed by atoms with van der Waals surface area (Å²) in [6.07, 6.45) is 0.792. The minimum atomic E-state index is -3.63. The third-order valence-electron chi connectivity index (χ3n) is 5.68. The van der Waals surface area contributed by atoms with Crippen molar-refractivity contribution in [2.24, 2.45) is 5.92 Å². The summed E-state index contributed by atoms with van der Waals surface area (Å²) in [5.74, 6) is 0.538. The topological polar surface area (TPSA) is 91.4 Å². The number of rotatable bonds is 7. The molecule has 33 heavy (non-hydrogen) atoms. The van der Waals surface area contributed by atoms with E-state index in [-0.39, 0.29) is 43.3 Å². The van der Waals surface area contributed by atoms with E-state index in [0.29, 0.717) is 48.1 Å². The molecule has 0 N–H and O–H groups in total. The van der Waals surface area contributed by atoms with Crippen LogP contribution in [-0.4, -0.2) is 45.2 Å². The molecular formula is C23H26ClNO7S. The molecule has 4 rings (SSSR count). The summed E-state index contributed by atoms with van der Waals surface area (Å²) in [5.41, 5.74) is 1.50. The number of carbonyl (C=O) groups excluding carboxylic acids is 1. The van der Waals surface area contributed by atoms with E-state index in [2.05, 4.69) is 0 Å². The fraction of sp³-hybridized carbons (Fsp3) is 0.435. The Morgan fingerprint density at radius 3 is 2.61 bits per heavy atom. The minimum absolute atomic E-state index is 0.0341. The molecule has 1 fully saturated rings. The Morgan fingerprint density at radius 2 is 1.91 bits per heavy atom. The third kappa shape index (κ3) is 5.43. The molecular weight excluding hydrogens is 470 g/mol. The highest BCUT2D eigenvalue weighted by molar-refractivity contribution is 7.89. The van der Waals surface area contributed by atoms with E-state index in [1.165, 1.54) is 4.31 Å². The van der Waals surface area contributed by atoms with Gasteiger partial charge in [0.15, 0.2) is 6.79 Å². The predicted molar refractivity (Wildman–Crippen MR) is 121 cm³/mol. The molecule has 2 aliphatic rings. The number of ether oxygens (including phenoxy) is 4. The normalized spacial score (nSPS) is 17.2. The predicted octanol–water partition coefficient (Wildman–Crippen LogP) is 3.75. The first-order valence-electron chi connectivity index (χ1n) is 10.8. The first-order chi connectivity index (χ1) is 15.9. The van der Waals surface area contributed by atoms with Crippen LogP contribution >= 0.6 is 11.6 Å². The van der Waals surface area contributed by atoms with Crippen LogP contribution in [0.4, 0.5) is 0 Å². The second kappa shape index (κ2) is 10.3. The van der Waals surface area contributed by atoms with Crippen molar-refractivity contribution in [3.63, 3.8) is 0 Å². The lowest BCUT2D eigenvalue weighted by atomic mass is 9.98. The number of benzene rings is 2. The summed E-state index contributed by atoms with van der Waals surface area (Å²) in [6.45, 7) is 3.44. The van der Waals surface area contributed by atoms with Crippen molar-refractivity contribution in [1.82, 2.24) is 4.31 Å². The average molecular weight is 496 g/mol. The Kier molecular flexibility index (Phi) is 7.43. The second-order valence-corrected chi connectivity index (χ2v) is 10.2. The van der Waals surface area contributed by atoms with E-state index in [1.807, 2.05) is 6.92 Å². The van der Waals surface area contributed by atoms with Gasteiger partial charge in [0.25, 0.3) is 0 Å². The monoisotopic (exact) mass is 495 g/mol. The highest BCUT2D eigenvalue weighted by Crippen LogP contribution is 2.33. The van der Waals surface area contributed by atoms with Gasteiger partial charge in [0.2, 0.25) is 10.0 Å². The van der Waals surface area contributed by atoms with Gasteiger partial charge in [0.1, 0.15) is 18.1 Å². The molecule has 2 aliphatic heterocycles. The molecule has 8 nitrogen and oxygen atoms in total. The van der Waals surface area contributed by atoms with Crippen molar-refractivity contribution in [1.29, 1.82) is 0 Å². The number of hydrogen-bond acceptors (Lipinski definition) is 7. The van der Waals surface area contributed by atoms with Crippen molar-refractivity contribution >= 4 is 27.6 Å². The Labute approximate surface area is 198 Å². The zero-order chi connectivity index (χ0) is 23.4. The fourth-order valence-corrected chi connectivity index (χ4v) is 5.72. The molecule has 0 radical (unpaired) electrons.